The summed E-state index contributed by atoms with van der Waals surface area (Å²) in [7, 11) is 0. The zero-order valence-corrected chi connectivity index (χ0v) is 44.8. The van der Waals surface area contributed by atoms with Crippen molar-refractivity contribution in [1.29, 1.82) is 0 Å². The molecule has 0 fully saturated rings. The minimum Gasteiger partial charge on any atom is -0.310 e. The molecule has 82 heavy (non-hydrogen) atoms. The Bertz CT molecular complexity index is 5030. The van der Waals surface area contributed by atoms with Crippen molar-refractivity contribution in [2.24, 2.45) is 0 Å². The van der Waals surface area contributed by atoms with E-state index in [0.29, 0.717) is 0 Å². The highest BCUT2D eigenvalue weighted by Gasteiger charge is 2.51. The van der Waals surface area contributed by atoms with Gasteiger partial charge in [-0.15, -0.1) is 0 Å². The Morgan fingerprint density at radius 1 is 0.256 bits per heavy atom. The van der Waals surface area contributed by atoms with Crippen molar-refractivity contribution in [1.82, 2.24) is 9.13 Å². The Kier molecular flexibility index (Phi) is 10.2. The van der Waals surface area contributed by atoms with Crippen molar-refractivity contribution in [3.8, 4) is 67.0 Å². The number of fused-ring (bicyclic) bond motifs is 15. The van der Waals surface area contributed by atoms with Gasteiger partial charge in [-0.25, -0.2) is 0 Å². The zero-order chi connectivity index (χ0) is 53.9. The van der Waals surface area contributed by atoms with E-state index in [1.807, 2.05) is 0 Å². The first-order valence-corrected chi connectivity index (χ1v) is 28.4. The number of para-hydroxylation sites is 6. The van der Waals surface area contributed by atoms with Crippen molar-refractivity contribution in [2.75, 3.05) is 4.90 Å². The van der Waals surface area contributed by atoms with Gasteiger partial charge in [0.15, 0.2) is 0 Å². The fourth-order valence-electron chi connectivity index (χ4n) is 14.2. The van der Waals surface area contributed by atoms with Crippen molar-refractivity contribution in [3.63, 3.8) is 0 Å². The summed E-state index contributed by atoms with van der Waals surface area (Å²) in [4.78, 5) is 2.43. The van der Waals surface area contributed by atoms with Crippen LogP contribution in [0.15, 0.2) is 309 Å². The lowest BCUT2D eigenvalue weighted by molar-refractivity contribution is 0.749. The van der Waals surface area contributed by atoms with Gasteiger partial charge in [-0.1, -0.05) is 224 Å². The van der Waals surface area contributed by atoms with Gasteiger partial charge in [-0.2, -0.15) is 0 Å². The van der Waals surface area contributed by atoms with E-state index in [-0.39, 0.29) is 0 Å². The van der Waals surface area contributed by atoms with Crippen LogP contribution in [0.2, 0.25) is 0 Å². The first kappa shape index (κ1) is 46.2. The van der Waals surface area contributed by atoms with Gasteiger partial charge in [-0.3, -0.25) is 0 Å². The van der Waals surface area contributed by atoms with Crippen LogP contribution in [-0.2, 0) is 5.41 Å². The highest BCUT2D eigenvalue weighted by molar-refractivity contribution is 6.13. The molecule has 0 radical (unpaired) electrons. The van der Waals surface area contributed by atoms with Gasteiger partial charge in [-0.05, 0) is 157 Å². The van der Waals surface area contributed by atoms with Gasteiger partial charge in [0, 0.05) is 44.2 Å². The fourth-order valence-corrected chi connectivity index (χ4v) is 14.2. The summed E-state index contributed by atoms with van der Waals surface area (Å²) in [5.74, 6) is 0. The summed E-state index contributed by atoms with van der Waals surface area (Å²) < 4.78 is 4.90. The normalized spacial score (nSPS) is 13.9. The molecule has 1 atom stereocenters. The minimum absolute atomic E-state index is 0.528. The molecule has 15 aromatic rings. The summed E-state index contributed by atoms with van der Waals surface area (Å²) in [6, 6.07) is 115. The zero-order valence-electron chi connectivity index (χ0n) is 44.8. The van der Waals surface area contributed by atoms with Crippen LogP contribution in [0.4, 0.5) is 17.1 Å². The highest BCUT2D eigenvalue weighted by Crippen LogP contribution is 2.61. The first-order valence-electron chi connectivity index (χ1n) is 28.4. The van der Waals surface area contributed by atoms with Crippen LogP contribution in [0.3, 0.4) is 0 Å². The molecule has 382 valence electrons. The van der Waals surface area contributed by atoms with E-state index in [2.05, 4.69) is 323 Å². The smallest absolute Gasteiger partial charge is 0.0754 e. The van der Waals surface area contributed by atoms with E-state index >= 15 is 0 Å². The lowest BCUT2D eigenvalue weighted by Crippen LogP contribution is -2.33. The molecule has 3 heteroatoms. The van der Waals surface area contributed by atoms with Crippen molar-refractivity contribution in [3.05, 3.63) is 332 Å². The van der Waals surface area contributed by atoms with E-state index in [1.165, 1.54) is 105 Å². The maximum absolute atomic E-state index is 2.52. The summed E-state index contributed by atoms with van der Waals surface area (Å²) in [6.07, 6.45) is 0. The lowest BCUT2D eigenvalue weighted by Gasteiger charge is -2.39. The van der Waals surface area contributed by atoms with Crippen LogP contribution < -0.4 is 4.90 Å². The number of nitrogens with zero attached hydrogens (tertiary/aromatic N) is 3. The number of benzene rings is 13. The van der Waals surface area contributed by atoms with Crippen LogP contribution in [0, 0.1) is 0 Å². The quantitative estimate of drug-likeness (QED) is 0.148. The fraction of sp³-hybridized carbons (Fsp3) is 0.0127. The van der Waals surface area contributed by atoms with E-state index in [1.54, 1.807) is 0 Å². The molecule has 1 unspecified atom stereocenters. The Morgan fingerprint density at radius 3 is 1.51 bits per heavy atom. The average molecular weight is 1040 g/mol. The standard InChI is InChI=1S/C79H51N3/c1-3-19-52(20-4-1)55-21-17-22-58(49-55)62-25-8-13-33-73(62)80(60-43-37-53(38-44-60)56-42-48-76-68(50-56)66-28-10-14-34-74(66)81(76)59-23-5-2-6-24-59)61-45-39-54(40-46-61)57-41-47-64-63-26-7-11-30-69(63)79(72(64)51-57)70-31-12-16-36-77(70)82-75-35-15-9-27-65(75)67-29-18-32-71(79)78(67)82/h1-51H. The maximum Gasteiger partial charge on any atom is 0.0754 e. The summed E-state index contributed by atoms with van der Waals surface area (Å²) >= 11 is 0. The van der Waals surface area contributed by atoms with E-state index in [9.17, 15) is 0 Å². The molecule has 0 saturated heterocycles. The maximum atomic E-state index is 2.52. The first-order chi connectivity index (χ1) is 40.7. The Morgan fingerprint density at radius 2 is 0.744 bits per heavy atom. The third kappa shape index (κ3) is 6.77. The topological polar surface area (TPSA) is 13.1 Å². The molecule has 2 aromatic heterocycles. The number of hydrogen-bond donors (Lipinski definition) is 0. The highest BCUT2D eigenvalue weighted by atomic mass is 15.1. The molecular formula is C79H51N3. The number of rotatable bonds is 8. The second-order valence-electron chi connectivity index (χ2n) is 21.9. The summed E-state index contributed by atoms with van der Waals surface area (Å²) in [5, 5.41) is 5.05. The number of aromatic nitrogens is 2. The average Bonchev–Trinajstić information content (AvgIpc) is 3.75. The van der Waals surface area contributed by atoms with Gasteiger partial charge in [0.25, 0.3) is 0 Å². The Labute approximate surface area is 476 Å². The van der Waals surface area contributed by atoms with Gasteiger partial charge >= 0.3 is 0 Å². The molecule has 13 aromatic carbocycles. The lowest BCUT2D eigenvalue weighted by atomic mass is 9.65. The van der Waals surface area contributed by atoms with Gasteiger partial charge < -0.3 is 14.0 Å². The summed E-state index contributed by atoms with van der Waals surface area (Å²) in [5.41, 5.74) is 27.3. The van der Waals surface area contributed by atoms with Crippen LogP contribution in [0.5, 0.6) is 0 Å². The Balaban J connectivity index is 0.802. The molecular weight excluding hydrogens is 991 g/mol. The van der Waals surface area contributed by atoms with E-state index in [4.69, 9.17) is 0 Å². The van der Waals surface area contributed by atoms with Crippen LogP contribution >= 0.6 is 0 Å². The molecule has 1 aliphatic heterocycles. The van der Waals surface area contributed by atoms with Crippen LogP contribution in [0.25, 0.3) is 111 Å². The van der Waals surface area contributed by atoms with Crippen molar-refractivity contribution < 1.29 is 0 Å². The van der Waals surface area contributed by atoms with E-state index < -0.39 is 5.41 Å². The predicted octanol–water partition coefficient (Wildman–Crippen LogP) is 20.7. The molecule has 2 aliphatic rings. The SMILES string of the molecule is c1ccc(-c2cccc(-c3ccccc3N(c3ccc(-c4ccc5c(c4)C4(c6ccccc6-5)c5ccccc5-n5c6ccccc6c6cccc4c65)cc3)c3ccc(-c4ccc5c(c4)c4ccccc4n5-c4ccccc4)cc3)c2)cc1. The molecule has 3 heterocycles. The third-order valence-electron chi connectivity index (χ3n) is 17.7. The van der Waals surface area contributed by atoms with Crippen molar-refractivity contribution in [2.45, 2.75) is 5.41 Å². The minimum atomic E-state index is -0.528. The number of anilines is 3. The molecule has 0 amide bonds. The third-order valence-corrected chi connectivity index (χ3v) is 17.7. The monoisotopic (exact) mass is 1040 g/mol. The van der Waals surface area contributed by atoms with Crippen LogP contribution in [0.1, 0.15) is 22.3 Å². The van der Waals surface area contributed by atoms with Crippen LogP contribution in [-0.4, -0.2) is 9.13 Å². The Hall–Kier alpha value is -10.7. The largest absolute Gasteiger partial charge is 0.310 e. The predicted molar refractivity (Wildman–Crippen MR) is 342 cm³/mol. The molecule has 1 spiro atoms. The second kappa shape index (κ2) is 18.2. The van der Waals surface area contributed by atoms with Gasteiger partial charge in [0.1, 0.15) is 0 Å². The van der Waals surface area contributed by atoms with Crippen molar-refractivity contribution >= 4 is 60.7 Å². The second-order valence-corrected chi connectivity index (χ2v) is 21.9. The molecule has 3 nitrogen and oxygen atoms in total. The van der Waals surface area contributed by atoms with Gasteiger partial charge in [0.2, 0.25) is 0 Å². The van der Waals surface area contributed by atoms with Gasteiger partial charge in [0.05, 0.1) is 38.9 Å². The molecule has 0 bridgehead atoms. The number of hydrogen-bond acceptors (Lipinski definition) is 1. The summed E-state index contributed by atoms with van der Waals surface area (Å²) in [6.45, 7) is 0. The molecule has 0 saturated carbocycles. The molecule has 17 rings (SSSR count). The molecule has 1 aliphatic carbocycles. The molecule has 0 N–H and O–H groups in total. The van der Waals surface area contributed by atoms with E-state index in [0.717, 1.165) is 45.0 Å².